The molecule has 1 aliphatic rings. The molecule has 1 unspecified atom stereocenters. The molecule has 0 aliphatic carbocycles. The van der Waals surface area contributed by atoms with Gasteiger partial charge in [-0.05, 0) is 42.7 Å². The normalized spacial score (nSPS) is 19.2. The highest BCUT2D eigenvalue weighted by Crippen LogP contribution is 2.41. The lowest BCUT2D eigenvalue weighted by atomic mass is 10.1. The summed E-state index contributed by atoms with van der Waals surface area (Å²) in [5.74, 6) is 0.347. The molecule has 1 saturated heterocycles. The molecule has 38 heavy (non-hydrogen) atoms. The van der Waals surface area contributed by atoms with E-state index in [4.69, 9.17) is 4.98 Å². The highest BCUT2D eigenvalue weighted by atomic mass is 35.5. The maximum absolute atomic E-state index is 14.2. The fourth-order valence-electron chi connectivity index (χ4n) is 5.04. The van der Waals surface area contributed by atoms with Crippen LogP contribution in [0, 0.1) is 0 Å². The molecular formula is C26H25ClF3N7O. The molecule has 0 spiro atoms. The Kier molecular flexibility index (Phi) is 6.41. The number of benzene rings is 1. The number of aromatic nitrogens is 6. The van der Waals surface area contributed by atoms with Gasteiger partial charge >= 0.3 is 6.18 Å². The van der Waals surface area contributed by atoms with E-state index in [9.17, 15) is 18.3 Å². The topological polar surface area (TPSA) is 84.4 Å². The van der Waals surface area contributed by atoms with Crippen molar-refractivity contribution in [3.63, 3.8) is 0 Å². The van der Waals surface area contributed by atoms with Gasteiger partial charge in [0.2, 0.25) is 0 Å². The minimum Gasteiger partial charge on any atom is -0.389 e. The Morgan fingerprint density at radius 3 is 2.50 bits per heavy atom. The summed E-state index contributed by atoms with van der Waals surface area (Å²) in [6.45, 7) is 1.65. The quantitative estimate of drug-likeness (QED) is 0.350. The smallest absolute Gasteiger partial charge is 0.389 e. The third-order valence-electron chi connectivity index (χ3n) is 6.86. The van der Waals surface area contributed by atoms with Crippen molar-refractivity contribution >= 4 is 29.0 Å². The Balaban J connectivity index is 0.00000294. The van der Waals surface area contributed by atoms with E-state index in [1.54, 1.807) is 28.3 Å². The van der Waals surface area contributed by atoms with Crippen molar-refractivity contribution in [3.8, 4) is 22.6 Å². The number of hydrogen-bond donors (Lipinski definition) is 1. The van der Waals surface area contributed by atoms with E-state index in [-0.39, 0.29) is 37.5 Å². The average Bonchev–Trinajstić information content (AvgIpc) is 3.55. The summed E-state index contributed by atoms with van der Waals surface area (Å²) in [6, 6.07) is 10.7. The van der Waals surface area contributed by atoms with Crippen LogP contribution < -0.4 is 0 Å². The molecule has 0 amide bonds. The van der Waals surface area contributed by atoms with Crippen LogP contribution in [0.25, 0.3) is 39.2 Å². The standard InChI is InChI=1S/C26H24F3N7O.ClH/c1-25(37)9-10-35(15-25)23(26(27,28)29)18-6-8-22-32-33-24(36(22)14-18)20-7-5-16-3-4-17(11-21(16)31-20)19-12-30-34(2)13-19;/h3-8,11-14,23,37H,9-10,15H2,1-2H3;1H/t23-,25?;/m0./s1. The first-order chi connectivity index (χ1) is 17.6. The molecule has 8 nitrogen and oxygen atoms in total. The van der Waals surface area contributed by atoms with Crippen LogP contribution in [-0.4, -0.2) is 64.2 Å². The van der Waals surface area contributed by atoms with E-state index < -0.39 is 17.8 Å². The number of alkyl halides is 3. The van der Waals surface area contributed by atoms with E-state index in [0.29, 0.717) is 17.2 Å². The van der Waals surface area contributed by atoms with Gasteiger partial charge in [-0.25, -0.2) is 4.98 Å². The molecule has 6 rings (SSSR count). The minimum absolute atomic E-state index is 0. The van der Waals surface area contributed by atoms with Gasteiger partial charge in [0.25, 0.3) is 0 Å². The maximum Gasteiger partial charge on any atom is 0.408 e. The fraction of sp³-hybridized carbons (Fsp3) is 0.308. The van der Waals surface area contributed by atoms with Crippen LogP contribution in [0.5, 0.6) is 0 Å². The number of rotatable bonds is 4. The van der Waals surface area contributed by atoms with E-state index >= 15 is 0 Å². The molecule has 5 aromatic rings. The Bertz CT molecular complexity index is 1630. The Hall–Kier alpha value is -3.54. The number of pyridine rings is 2. The fourth-order valence-corrected chi connectivity index (χ4v) is 5.04. The second kappa shape index (κ2) is 9.33. The highest BCUT2D eigenvalue weighted by molar-refractivity contribution is 5.86. The van der Waals surface area contributed by atoms with Gasteiger partial charge in [-0.2, -0.15) is 18.3 Å². The SMILES string of the molecule is Cl.Cn1cc(-c2ccc3ccc(-c4nnc5ccc([C@H](N6CCC(C)(O)C6)C(F)(F)F)cn45)nc3c2)cn1. The number of fused-ring (bicyclic) bond motifs is 2. The van der Waals surface area contributed by atoms with Crippen LogP contribution in [0.4, 0.5) is 13.2 Å². The average molecular weight is 544 g/mol. The predicted molar refractivity (Wildman–Crippen MR) is 139 cm³/mol. The van der Waals surface area contributed by atoms with Crippen LogP contribution in [0.3, 0.4) is 0 Å². The monoisotopic (exact) mass is 543 g/mol. The van der Waals surface area contributed by atoms with Crippen LogP contribution in [0.15, 0.2) is 61.1 Å². The van der Waals surface area contributed by atoms with Gasteiger partial charge in [-0.3, -0.25) is 14.0 Å². The molecule has 1 N–H and O–H groups in total. The zero-order chi connectivity index (χ0) is 25.9. The number of nitrogens with zero attached hydrogens (tertiary/aromatic N) is 7. The Morgan fingerprint density at radius 2 is 1.82 bits per heavy atom. The summed E-state index contributed by atoms with van der Waals surface area (Å²) < 4.78 is 46.0. The van der Waals surface area contributed by atoms with E-state index in [1.165, 1.54) is 23.2 Å². The summed E-state index contributed by atoms with van der Waals surface area (Å²) in [6.07, 6.45) is 0.868. The molecule has 2 atom stereocenters. The second-order valence-electron chi connectivity index (χ2n) is 9.88. The molecule has 12 heteroatoms. The summed E-state index contributed by atoms with van der Waals surface area (Å²) in [4.78, 5) is 6.04. The first kappa shape index (κ1) is 26.1. The number of β-amino-alcohol motifs (C(OH)–C–C–N with tert-alkyl or cyclic N) is 1. The van der Waals surface area contributed by atoms with Crippen molar-refractivity contribution in [1.82, 2.24) is 34.3 Å². The molecule has 4 aromatic heterocycles. The Labute approximate surface area is 222 Å². The van der Waals surface area contributed by atoms with Crippen LogP contribution >= 0.6 is 12.4 Å². The summed E-state index contributed by atoms with van der Waals surface area (Å²) >= 11 is 0. The lowest BCUT2D eigenvalue weighted by molar-refractivity contribution is -0.185. The molecule has 1 aromatic carbocycles. The second-order valence-corrected chi connectivity index (χ2v) is 9.88. The minimum atomic E-state index is -4.52. The molecule has 198 valence electrons. The molecule has 1 aliphatic heterocycles. The van der Waals surface area contributed by atoms with Crippen molar-refractivity contribution in [1.29, 1.82) is 0 Å². The van der Waals surface area contributed by atoms with Crippen molar-refractivity contribution < 1.29 is 18.3 Å². The van der Waals surface area contributed by atoms with Crippen LogP contribution in [0.1, 0.15) is 24.9 Å². The lowest BCUT2D eigenvalue weighted by Gasteiger charge is -2.30. The van der Waals surface area contributed by atoms with Gasteiger partial charge in [0.05, 0.1) is 17.3 Å². The molecule has 0 saturated carbocycles. The van der Waals surface area contributed by atoms with Crippen molar-refractivity contribution in [2.45, 2.75) is 31.2 Å². The van der Waals surface area contributed by atoms with Gasteiger partial charge < -0.3 is 5.11 Å². The molecule has 5 heterocycles. The summed E-state index contributed by atoms with van der Waals surface area (Å²) in [5.41, 5.74) is 2.44. The largest absolute Gasteiger partial charge is 0.408 e. The predicted octanol–water partition coefficient (Wildman–Crippen LogP) is 4.83. The van der Waals surface area contributed by atoms with Crippen LogP contribution in [-0.2, 0) is 7.05 Å². The zero-order valence-electron chi connectivity index (χ0n) is 20.6. The van der Waals surface area contributed by atoms with E-state index in [2.05, 4.69) is 15.3 Å². The van der Waals surface area contributed by atoms with E-state index in [0.717, 1.165) is 22.0 Å². The number of aryl methyl sites for hydroxylation is 1. The van der Waals surface area contributed by atoms with E-state index in [1.807, 2.05) is 37.5 Å². The highest BCUT2D eigenvalue weighted by Gasteiger charge is 2.48. The number of hydrogen-bond acceptors (Lipinski definition) is 6. The van der Waals surface area contributed by atoms with Gasteiger partial charge in [-0.15, -0.1) is 22.6 Å². The molecule has 0 bridgehead atoms. The summed E-state index contributed by atoms with van der Waals surface area (Å²) in [7, 11) is 1.85. The number of aliphatic hydroxyl groups is 1. The first-order valence-electron chi connectivity index (χ1n) is 11.9. The molecule has 0 radical (unpaired) electrons. The summed E-state index contributed by atoms with van der Waals surface area (Å²) in [5, 5.41) is 23.8. The lowest BCUT2D eigenvalue weighted by Crippen LogP contribution is -2.39. The third-order valence-corrected chi connectivity index (χ3v) is 6.86. The van der Waals surface area contributed by atoms with Crippen molar-refractivity contribution in [2.75, 3.05) is 13.1 Å². The van der Waals surface area contributed by atoms with Gasteiger partial charge in [0.1, 0.15) is 11.7 Å². The number of halogens is 4. The molecule has 1 fully saturated rings. The molecular weight excluding hydrogens is 519 g/mol. The number of likely N-dealkylation sites (tertiary alicyclic amines) is 1. The van der Waals surface area contributed by atoms with Gasteiger partial charge in [0.15, 0.2) is 11.5 Å². The maximum atomic E-state index is 14.2. The first-order valence-corrected chi connectivity index (χ1v) is 11.9. The Morgan fingerprint density at radius 1 is 1.03 bits per heavy atom. The van der Waals surface area contributed by atoms with Crippen LogP contribution in [0.2, 0.25) is 0 Å². The van der Waals surface area contributed by atoms with Gasteiger partial charge in [0, 0.05) is 43.5 Å². The van der Waals surface area contributed by atoms with Crippen molar-refractivity contribution in [2.24, 2.45) is 7.05 Å². The zero-order valence-corrected chi connectivity index (χ0v) is 21.4. The van der Waals surface area contributed by atoms with Crippen molar-refractivity contribution in [3.05, 3.63) is 66.6 Å². The third kappa shape index (κ3) is 4.72. The van der Waals surface area contributed by atoms with Gasteiger partial charge in [-0.1, -0.05) is 24.3 Å².